The molecule has 3 heterocycles. The second-order valence-corrected chi connectivity index (χ2v) is 18.2. The van der Waals surface area contributed by atoms with Gasteiger partial charge in [-0.3, -0.25) is 15.0 Å². The van der Waals surface area contributed by atoms with Crippen molar-refractivity contribution in [3.63, 3.8) is 0 Å². The monoisotopic (exact) mass is 953 g/mol. The van der Waals surface area contributed by atoms with Crippen molar-refractivity contribution in [3.8, 4) is 123 Å². The molecule has 0 saturated heterocycles. The molecular formula is C69H45F2N3. The molecule has 3 aromatic heterocycles. The lowest BCUT2D eigenvalue weighted by Gasteiger charge is -2.19. The van der Waals surface area contributed by atoms with Crippen LogP contribution in [0.3, 0.4) is 0 Å². The zero-order chi connectivity index (χ0) is 49.8. The van der Waals surface area contributed by atoms with Gasteiger partial charge in [0.15, 0.2) is 0 Å². The predicted octanol–water partition coefficient (Wildman–Crippen LogP) is 18.5. The molecule has 0 aliphatic carbocycles. The van der Waals surface area contributed by atoms with E-state index in [1.165, 1.54) is 12.1 Å². The molecule has 0 spiro atoms. The molecule has 74 heavy (non-hydrogen) atoms. The summed E-state index contributed by atoms with van der Waals surface area (Å²) in [7, 11) is 0. The van der Waals surface area contributed by atoms with Crippen LogP contribution in [0, 0.1) is 11.6 Å². The van der Waals surface area contributed by atoms with Gasteiger partial charge < -0.3 is 0 Å². The van der Waals surface area contributed by atoms with Crippen molar-refractivity contribution in [3.05, 3.63) is 285 Å². The lowest BCUT2D eigenvalue weighted by Crippen LogP contribution is -1.94. The topological polar surface area (TPSA) is 38.7 Å². The summed E-state index contributed by atoms with van der Waals surface area (Å²) in [6.07, 6.45) is 5.38. The van der Waals surface area contributed by atoms with E-state index in [9.17, 15) is 0 Å². The van der Waals surface area contributed by atoms with E-state index in [-0.39, 0.29) is 11.6 Å². The van der Waals surface area contributed by atoms with Crippen molar-refractivity contribution in [1.82, 2.24) is 15.0 Å². The highest BCUT2D eigenvalue weighted by molar-refractivity contribution is 5.97. The summed E-state index contributed by atoms with van der Waals surface area (Å²) < 4.78 is 31.2. The number of pyridine rings is 3. The van der Waals surface area contributed by atoms with Crippen LogP contribution in [0.25, 0.3) is 123 Å². The summed E-state index contributed by atoms with van der Waals surface area (Å²) in [4.78, 5) is 13.8. The van der Waals surface area contributed by atoms with Crippen molar-refractivity contribution in [2.45, 2.75) is 0 Å². The van der Waals surface area contributed by atoms with Crippen molar-refractivity contribution in [1.29, 1.82) is 0 Å². The standard InChI is InChI=1S/C69H45F2N3/c70-57-32-35-60(65(44-57)49-23-27-51(28-24-49)67-16-6-9-37-72-67)55-40-54(41-56(42-55)61-36-33-58(71)45-66(61)50-25-29-52(30-26-50)68-17-7-10-38-73-68)59-14-4-5-15-62(59)63-34-31-53(69-18-8-11-39-74-69)43-64(63)48-21-19-47(20-22-48)46-12-2-1-3-13-46/h1-45H. The Bertz CT molecular complexity index is 3770. The smallest absolute Gasteiger partial charge is 0.123 e. The van der Waals surface area contributed by atoms with Gasteiger partial charge in [-0.15, -0.1) is 0 Å². The molecule has 0 aliphatic rings. The third-order valence-electron chi connectivity index (χ3n) is 13.6. The van der Waals surface area contributed by atoms with Crippen LogP contribution in [0.1, 0.15) is 0 Å². The summed E-state index contributed by atoms with van der Waals surface area (Å²) in [6, 6.07) is 84.6. The molecule has 0 fully saturated rings. The molecule has 9 aromatic carbocycles. The Morgan fingerprint density at radius 2 is 0.514 bits per heavy atom. The lowest BCUT2D eigenvalue weighted by molar-refractivity contribution is 0.628. The van der Waals surface area contributed by atoms with E-state index in [0.29, 0.717) is 0 Å². The average molecular weight is 954 g/mol. The van der Waals surface area contributed by atoms with Crippen molar-refractivity contribution in [2.75, 3.05) is 0 Å². The quantitative estimate of drug-likeness (QED) is 0.130. The Morgan fingerprint density at radius 1 is 0.189 bits per heavy atom. The van der Waals surface area contributed by atoms with E-state index < -0.39 is 0 Å². The summed E-state index contributed by atoms with van der Waals surface area (Å²) in [5.41, 5.74) is 20.6. The third kappa shape index (κ3) is 9.34. The van der Waals surface area contributed by atoms with Gasteiger partial charge in [-0.1, -0.05) is 170 Å². The van der Waals surface area contributed by atoms with Crippen LogP contribution < -0.4 is 0 Å². The summed E-state index contributed by atoms with van der Waals surface area (Å²) in [5.74, 6) is -0.680. The maximum absolute atomic E-state index is 15.6. The number of aromatic nitrogens is 3. The van der Waals surface area contributed by atoms with Crippen LogP contribution in [-0.4, -0.2) is 15.0 Å². The first-order valence-electron chi connectivity index (χ1n) is 24.6. The largest absolute Gasteiger partial charge is 0.256 e. The Hall–Kier alpha value is -9.71. The van der Waals surface area contributed by atoms with Crippen molar-refractivity contribution in [2.24, 2.45) is 0 Å². The number of rotatable bonds is 11. The van der Waals surface area contributed by atoms with Crippen molar-refractivity contribution >= 4 is 0 Å². The normalized spacial score (nSPS) is 11.1. The van der Waals surface area contributed by atoms with E-state index in [1.54, 1.807) is 24.5 Å². The Kier molecular flexibility index (Phi) is 12.4. The van der Waals surface area contributed by atoms with Crippen LogP contribution in [-0.2, 0) is 0 Å². The van der Waals surface area contributed by atoms with Gasteiger partial charge in [0.2, 0.25) is 0 Å². The minimum Gasteiger partial charge on any atom is -0.256 e. The van der Waals surface area contributed by atoms with E-state index in [1.807, 2.05) is 128 Å². The van der Waals surface area contributed by atoms with Gasteiger partial charge in [0.25, 0.3) is 0 Å². The molecule has 3 nitrogen and oxygen atoms in total. The fourth-order valence-corrected chi connectivity index (χ4v) is 9.97. The first-order chi connectivity index (χ1) is 36.5. The molecule has 0 N–H and O–H groups in total. The van der Waals surface area contributed by atoms with Crippen LogP contribution in [0.5, 0.6) is 0 Å². The highest BCUT2D eigenvalue weighted by Crippen LogP contribution is 2.45. The first-order valence-corrected chi connectivity index (χ1v) is 24.6. The van der Waals surface area contributed by atoms with Crippen LogP contribution in [0.15, 0.2) is 273 Å². The Balaban J connectivity index is 1.05. The minimum absolute atomic E-state index is 0.340. The van der Waals surface area contributed by atoms with E-state index >= 15 is 8.78 Å². The molecule has 0 radical (unpaired) electrons. The van der Waals surface area contributed by atoms with Gasteiger partial charge in [0, 0.05) is 35.3 Å². The molecule has 0 bridgehead atoms. The molecule has 0 saturated carbocycles. The fraction of sp³-hybridized carbons (Fsp3) is 0. The molecule has 0 atom stereocenters. The van der Waals surface area contributed by atoms with Gasteiger partial charge in [-0.25, -0.2) is 8.78 Å². The van der Waals surface area contributed by atoms with E-state index in [4.69, 9.17) is 4.98 Å². The number of benzene rings is 9. The minimum atomic E-state index is -0.340. The number of halogens is 2. The number of hydrogen-bond acceptors (Lipinski definition) is 3. The molecule has 12 rings (SSSR count). The summed E-state index contributed by atoms with van der Waals surface area (Å²) in [6.45, 7) is 0. The first kappa shape index (κ1) is 45.4. The summed E-state index contributed by atoms with van der Waals surface area (Å²) in [5, 5.41) is 0. The molecular weight excluding hydrogens is 909 g/mol. The predicted molar refractivity (Wildman–Crippen MR) is 300 cm³/mol. The SMILES string of the molecule is Fc1ccc(-c2cc(-c3ccc(F)cc3-c3ccc(-c4ccccn4)cc3)cc(-c3ccccc3-c3ccc(-c4ccccn4)cc3-c3ccc(-c4ccccc4)cc3)c2)c(-c2ccc(-c3ccccn3)cc2)c1. The highest BCUT2D eigenvalue weighted by atomic mass is 19.1. The third-order valence-corrected chi connectivity index (χ3v) is 13.6. The number of nitrogens with zero attached hydrogens (tertiary/aromatic N) is 3. The Morgan fingerprint density at radius 3 is 0.973 bits per heavy atom. The number of hydrogen-bond donors (Lipinski definition) is 0. The fourth-order valence-electron chi connectivity index (χ4n) is 9.97. The summed E-state index contributed by atoms with van der Waals surface area (Å²) >= 11 is 0. The van der Waals surface area contributed by atoms with Crippen LogP contribution >= 0.6 is 0 Å². The van der Waals surface area contributed by atoms with Gasteiger partial charge in [-0.05, 0) is 174 Å². The second kappa shape index (κ2) is 20.2. The van der Waals surface area contributed by atoms with Gasteiger partial charge >= 0.3 is 0 Å². The van der Waals surface area contributed by atoms with Gasteiger partial charge in [-0.2, -0.15) is 0 Å². The molecule has 12 aromatic rings. The molecule has 0 amide bonds. The van der Waals surface area contributed by atoms with Gasteiger partial charge in [0.1, 0.15) is 11.6 Å². The lowest BCUT2D eigenvalue weighted by atomic mass is 9.84. The zero-order valence-electron chi connectivity index (χ0n) is 40.1. The van der Waals surface area contributed by atoms with E-state index in [2.05, 4.69) is 119 Å². The maximum atomic E-state index is 15.6. The molecule has 5 heteroatoms. The molecule has 0 unspecified atom stereocenters. The second-order valence-electron chi connectivity index (χ2n) is 18.2. The highest BCUT2D eigenvalue weighted by Gasteiger charge is 2.20. The average Bonchev–Trinajstić information content (AvgIpc) is 3.48. The van der Waals surface area contributed by atoms with E-state index in [0.717, 1.165) is 123 Å². The van der Waals surface area contributed by atoms with Gasteiger partial charge in [0.05, 0.1) is 17.1 Å². The maximum Gasteiger partial charge on any atom is 0.123 e. The Labute approximate surface area is 429 Å². The molecule has 350 valence electrons. The zero-order valence-corrected chi connectivity index (χ0v) is 40.1. The molecule has 0 aliphatic heterocycles. The van der Waals surface area contributed by atoms with Crippen LogP contribution in [0.2, 0.25) is 0 Å². The van der Waals surface area contributed by atoms with Crippen LogP contribution in [0.4, 0.5) is 8.78 Å². The van der Waals surface area contributed by atoms with Crippen molar-refractivity contribution < 1.29 is 8.78 Å².